The minimum absolute atomic E-state index is 0.0275. The molecule has 0 saturated heterocycles. The highest BCUT2D eigenvalue weighted by atomic mass is 32.1. The Balaban J connectivity index is 2.32. The van der Waals surface area contributed by atoms with Crippen LogP contribution in [0, 0.1) is 0 Å². The largest absolute Gasteiger partial charge is 0.504 e. The van der Waals surface area contributed by atoms with Gasteiger partial charge >= 0.3 is 7.60 Å². The van der Waals surface area contributed by atoms with Crippen molar-refractivity contribution in [2.75, 3.05) is 20.3 Å². The van der Waals surface area contributed by atoms with Gasteiger partial charge in [0.2, 0.25) is 0 Å². The van der Waals surface area contributed by atoms with Gasteiger partial charge in [0.15, 0.2) is 11.5 Å². The number of fused-ring (bicyclic) bond motifs is 1. The van der Waals surface area contributed by atoms with Gasteiger partial charge in [-0.2, -0.15) is 0 Å². The van der Waals surface area contributed by atoms with E-state index >= 15 is 0 Å². The number of ether oxygens (including phenoxy) is 1. The van der Waals surface area contributed by atoms with Crippen LogP contribution in [0.1, 0.15) is 18.9 Å². The van der Waals surface area contributed by atoms with Crippen LogP contribution in [0.4, 0.5) is 0 Å². The zero-order valence-corrected chi connectivity index (χ0v) is 13.9. The number of phenols is 1. The fourth-order valence-corrected chi connectivity index (χ4v) is 4.86. The van der Waals surface area contributed by atoms with Gasteiger partial charge in [0.25, 0.3) is 0 Å². The maximum atomic E-state index is 12.5. The summed E-state index contributed by atoms with van der Waals surface area (Å²) in [4.78, 5) is 4.37. The van der Waals surface area contributed by atoms with Crippen LogP contribution in [-0.4, -0.2) is 30.4 Å². The number of nitrogens with zero attached hydrogens (tertiary/aromatic N) is 1. The molecular formula is C13H18NO5PS. The molecule has 1 N–H and O–H groups in total. The number of phenolic OH excluding ortho intramolecular Hbond substituents is 1. The van der Waals surface area contributed by atoms with Crippen LogP contribution < -0.4 is 4.74 Å². The summed E-state index contributed by atoms with van der Waals surface area (Å²) in [5.74, 6) is 0.412. The zero-order valence-electron chi connectivity index (χ0n) is 12.2. The highest BCUT2D eigenvalue weighted by Crippen LogP contribution is 2.52. The summed E-state index contributed by atoms with van der Waals surface area (Å²) in [6.07, 6.45) is 0.122. The molecule has 2 rings (SSSR count). The molecule has 0 aliphatic carbocycles. The van der Waals surface area contributed by atoms with Crippen molar-refractivity contribution >= 4 is 29.1 Å². The second-order valence-corrected chi connectivity index (χ2v) is 7.37. The molecule has 0 aliphatic heterocycles. The first kappa shape index (κ1) is 16.2. The molecule has 2 aromatic rings. The molecule has 0 unspecified atom stereocenters. The molecule has 0 atom stereocenters. The molecular weight excluding hydrogens is 313 g/mol. The average Bonchev–Trinajstić information content (AvgIpc) is 2.78. The molecule has 116 valence electrons. The number of methoxy groups -OCH3 is 1. The molecule has 0 bridgehead atoms. The summed E-state index contributed by atoms with van der Waals surface area (Å²) in [5.41, 5.74) is 0.632. The van der Waals surface area contributed by atoms with Crippen molar-refractivity contribution in [2.24, 2.45) is 0 Å². The van der Waals surface area contributed by atoms with Crippen LogP contribution in [0.25, 0.3) is 10.2 Å². The van der Waals surface area contributed by atoms with E-state index < -0.39 is 7.60 Å². The van der Waals surface area contributed by atoms with E-state index in [0.29, 0.717) is 29.5 Å². The van der Waals surface area contributed by atoms with Gasteiger partial charge < -0.3 is 18.9 Å². The molecule has 21 heavy (non-hydrogen) atoms. The van der Waals surface area contributed by atoms with E-state index in [1.807, 2.05) is 0 Å². The fraction of sp³-hybridized carbons (Fsp3) is 0.462. The maximum absolute atomic E-state index is 12.5. The molecule has 0 spiro atoms. The highest BCUT2D eigenvalue weighted by Gasteiger charge is 2.26. The lowest BCUT2D eigenvalue weighted by molar-refractivity contribution is 0.219. The quantitative estimate of drug-likeness (QED) is 0.778. The standard InChI is InChI=1S/C13H18NO5PS/c1-4-18-20(16,19-5-2)8-13-14-9-6-10(15)11(17-3)7-12(9)21-13/h6-7,15H,4-5,8H2,1-3H3. The van der Waals surface area contributed by atoms with E-state index in [0.717, 1.165) is 4.70 Å². The molecule has 6 nitrogen and oxygen atoms in total. The summed E-state index contributed by atoms with van der Waals surface area (Å²) in [6.45, 7) is 4.17. The van der Waals surface area contributed by atoms with Crippen molar-refractivity contribution in [2.45, 2.75) is 20.0 Å². The van der Waals surface area contributed by atoms with E-state index in [1.54, 1.807) is 19.9 Å². The van der Waals surface area contributed by atoms with Gasteiger partial charge in [-0.1, -0.05) is 0 Å². The fourth-order valence-electron chi connectivity index (χ4n) is 1.91. The first-order valence-corrected chi connectivity index (χ1v) is 9.10. The van der Waals surface area contributed by atoms with Crippen LogP contribution in [0.5, 0.6) is 11.5 Å². The normalized spacial score (nSPS) is 12.0. The number of thiazole rings is 1. The summed E-state index contributed by atoms with van der Waals surface area (Å²) < 4.78 is 28.9. The van der Waals surface area contributed by atoms with Crippen LogP contribution in [0.2, 0.25) is 0 Å². The van der Waals surface area contributed by atoms with Gasteiger partial charge in [0.05, 0.1) is 30.5 Å². The first-order chi connectivity index (χ1) is 10.0. The maximum Gasteiger partial charge on any atom is 0.337 e. The topological polar surface area (TPSA) is 77.9 Å². The van der Waals surface area contributed by atoms with Crippen molar-refractivity contribution < 1.29 is 23.5 Å². The smallest absolute Gasteiger partial charge is 0.337 e. The Hall–Kier alpha value is -1.14. The van der Waals surface area contributed by atoms with Crippen molar-refractivity contribution in [3.63, 3.8) is 0 Å². The van der Waals surface area contributed by atoms with Gasteiger partial charge in [-0.3, -0.25) is 4.57 Å². The zero-order chi connectivity index (χ0) is 15.5. The van der Waals surface area contributed by atoms with Crippen molar-refractivity contribution in [3.05, 3.63) is 17.1 Å². The van der Waals surface area contributed by atoms with Gasteiger partial charge in [0, 0.05) is 12.1 Å². The number of hydrogen-bond donors (Lipinski definition) is 1. The molecule has 0 aliphatic rings. The Kier molecular flexibility index (Phi) is 5.22. The van der Waals surface area contributed by atoms with Crippen molar-refractivity contribution in [1.29, 1.82) is 0 Å². The monoisotopic (exact) mass is 331 g/mol. The Bertz CT molecular complexity index is 662. The highest BCUT2D eigenvalue weighted by molar-refractivity contribution is 7.53. The second kappa shape index (κ2) is 6.75. The van der Waals surface area contributed by atoms with Crippen LogP contribution in [-0.2, 0) is 19.8 Å². The molecule has 0 fully saturated rings. The van der Waals surface area contributed by atoms with Crippen molar-refractivity contribution in [3.8, 4) is 11.5 Å². The molecule has 0 radical (unpaired) electrons. The summed E-state index contributed by atoms with van der Waals surface area (Å²) in [6, 6.07) is 3.23. The Morgan fingerprint density at radius 2 is 1.95 bits per heavy atom. The van der Waals surface area contributed by atoms with Crippen LogP contribution in [0.15, 0.2) is 12.1 Å². The predicted molar refractivity (Wildman–Crippen MR) is 82.4 cm³/mol. The lowest BCUT2D eigenvalue weighted by atomic mass is 10.3. The number of hydrogen-bond acceptors (Lipinski definition) is 7. The van der Waals surface area contributed by atoms with E-state index in [9.17, 15) is 9.67 Å². The Morgan fingerprint density at radius 3 is 2.52 bits per heavy atom. The van der Waals surface area contributed by atoms with Crippen LogP contribution >= 0.6 is 18.9 Å². The Morgan fingerprint density at radius 1 is 1.29 bits per heavy atom. The summed E-state index contributed by atoms with van der Waals surface area (Å²) in [5, 5.41) is 10.4. The number of aromatic hydroxyl groups is 1. The van der Waals surface area contributed by atoms with E-state index in [2.05, 4.69) is 4.98 Å². The number of benzene rings is 1. The summed E-state index contributed by atoms with van der Waals surface area (Å²) >= 11 is 1.38. The molecule has 1 aromatic heterocycles. The van der Waals surface area contributed by atoms with Gasteiger partial charge in [0.1, 0.15) is 11.2 Å². The third-order valence-electron chi connectivity index (χ3n) is 2.71. The molecule has 0 saturated carbocycles. The third-order valence-corrected chi connectivity index (χ3v) is 5.94. The number of rotatable bonds is 7. The first-order valence-electron chi connectivity index (χ1n) is 6.56. The predicted octanol–water partition coefficient (Wildman–Crippen LogP) is 3.78. The van der Waals surface area contributed by atoms with Gasteiger partial charge in [-0.05, 0) is 13.8 Å². The SMILES string of the molecule is CCOP(=O)(Cc1nc2cc(O)c(OC)cc2s1)OCC. The number of aromatic nitrogens is 1. The lowest BCUT2D eigenvalue weighted by Gasteiger charge is -2.15. The molecule has 1 heterocycles. The van der Waals surface area contributed by atoms with Crippen molar-refractivity contribution in [1.82, 2.24) is 4.98 Å². The second-order valence-electron chi connectivity index (χ2n) is 4.20. The van der Waals surface area contributed by atoms with E-state index in [-0.39, 0.29) is 11.9 Å². The van der Waals surface area contributed by atoms with Crippen LogP contribution in [0.3, 0.4) is 0 Å². The molecule has 8 heteroatoms. The minimum atomic E-state index is -3.17. The van der Waals surface area contributed by atoms with E-state index in [1.165, 1.54) is 24.5 Å². The van der Waals surface area contributed by atoms with Gasteiger partial charge in [-0.15, -0.1) is 11.3 Å². The third kappa shape index (κ3) is 3.74. The van der Waals surface area contributed by atoms with Gasteiger partial charge in [-0.25, -0.2) is 4.98 Å². The Labute approximate surface area is 127 Å². The van der Waals surface area contributed by atoms with E-state index in [4.69, 9.17) is 13.8 Å². The molecule has 1 aromatic carbocycles. The molecule has 0 amide bonds. The average molecular weight is 331 g/mol. The summed E-state index contributed by atoms with van der Waals surface area (Å²) in [7, 11) is -1.69. The lowest BCUT2D eigenvalue weighted by Crippen LogP contribution is -1.98. The minimum Gasteiger partial charge on any atom is -0.504 e.